The molecule has 2 rings (SSSR count). The maximum absolute atomic E-state index is 4.98. The summed E-state index contributed by atoms with van der Waals surface area (Å²) < 4.78 is 0.693. The molecule has 0 bridgehead atoms. The van der Waals surface area contributed by atoms with Crippen LogP contribution in [0.2, 0.25) is 0 Å². The molecule has 0 saturated heterocycles. The number of benzene rings is 1. The van der Waals surface area contributed by atoms with Crippen LogP contribution < -0.4 is 0 Å². The number of aromatic amines is 2. The van der Waals surface area contributed by atoms with Crippen molar-refractivity contribution in [3.05, 3.63) is 28.5 Å². The van der Waals surface area contributed by atoms with Crippen molar-refractivity contribution in [2.75, 3.05) is 0 Å². The van der Waals surface area contributed by atoms with Crippen LogP contribution in [0.25, 0.3) is 11.0 Å². The monoisotopic (exact) mass is 182 g/mol. The third kappa shape index (κ3) is 1.16. The highest BCUT2D eigenvalue weighted by Gasteiger charge is 1.95. The van der Waals surface area contributed by atoms with Gasteiger partial charge in [-0.15, -0.1) is 0 Å². The van der Waals surface area contributed by atoms with Crippen molar-refractivity contribution < 1.29 is 2.85 Å². The van der Waals surface area contributed by atoms with Gasteiger partial charge in [0, 0.05) is 2.85 Å². The van der Waals surface area contributed by atoms with E-state index in [0.717, 1.165) is 17.5 Å². The number of nitrogens with one attached hydrogen (secondary N) is 2. The minimum Gasteiger partial charge on any atom is -0.331 e. The molecule has 1 aromatic heterocycles. The topological polar surface area (TPSA) is 31.6 Å². The summed E-state index contributed by atoms with van der Waals surface area (Å²) in [7, 11) is 0. The van der Waals surface area contributed by atoms with Crippen molar-refractivity contribution in [1.29, 1.82) is 0 Å². The van der Waals surface area contributed by atoms with Crippen LogP contribution in [-0.4, -0.2) is 9.97 Å². The summed E-state index contributed by atoms with van der Waals surface area (Å²) in [6.07, 6.45) is 1.06. The van der Waals surface area contributed by atoms with Crippen molar-refractivity contribution >= 4 is 23.3 Å². The minimum atomic E-state index is 0. The SMILES string of the molecule is CCc1ccc2[nH]c(=S)[nH]c2c1.[HH].[HH]. The number of aryl methyl sites for hydroxylation is 1. The first-order valence-electron chi connectivity index (χ1n) is 4.00. The van der Waals surface area contributed by atoms with Crippen LogP contribution in [0.1, 0.15) is 15.3 Å². The Morgan fingerprint density at radius 2 is 2.08 bits per heavy atom. The zero-order valence-electron chi connectivity index (χ0n) is 6.85. The molecular formula is C9H14N2S. The Hall–Kier alpha value is -1.09. The minimum absolute atomic E-state index is 0. The molecule has 3 heteroatoms. The van der Waals surface area contributed by atoms with Gasteiger partial charge >= 0.3 is 0 Å². The van der Waals surface area contributed by atoms with Crippen LogP contribution in [0.15, 0.2) is 18.2 Å². The molecule has 0 fully saturated rings. The summed E-state index contributed by atoms with van der Waals surface area (Å²) in [4.78, 5) is 6.16. The van der Waals surface area contributed by atoms with E-state index in [4.69, 9.17) is 12.2 Å². The van der Waals surface area contributed by atoms with Crippen LogP contribution in [0.5, 0.6) is 0 Å². The van der Waals surface area contributed by atoms with Crippen molar-refractivity contribution in [3.63, 3.8) is 0 Å². The molecule has 12 heavy (non-hydrogen) atoms. The largest absolute Gasteiger partial charge is 0.331 e. The first kappa shape index (κ1) is 7.55. The van der Waals surface area contributed by atoms with Gasteiger partial charge in [0.2, 0.25) is 0 Å². The first-order chi connectivity index (χ1) is 5.79. The second-order valence-electron chi connectivity index (χ2n) is 2.81. The highest BCUT2D eigenvalue weighted by atomic mass is 32.1. The highest BCUT2D eigenvalue weighted by Crippen LogP contribution is 2.12. The van der Waals surface area contributed by atoms with Crippen LogP contribution >= 0.6 is 12.2 Å². The van der Waals surface area contributed by atoms with E-state index >= 15 is 0 Å². The summed E-state index contributed by atoms with van der Waals surface area (Å²) in [5.74, 6) is 0. The number of rotatable bonds is 1. The Morgan fingerprint density at radius 1 is 1.33 bits per heavy atom. The van der Waals surface area contributed by atoms with E-state index in [-0.39, 0.29) is 2.85 Å². The zero-order chi connectivity index (χ0) is 8.55. The zero-order valence-corrected chi connectivity index (χ0v) is 7.66. The quantitative estimate of drug-likeness (QED) is 0.652. The Labute approximate surface area is 78.6 Å². The predicted molar refractivity (Wildman–Crippen MR) is 57.1 cm³/mol. The molecule has 0 aliphatic carbocycles. The average Bonchev–Trinajstić information content (AvgIpc) is 2.43. The van der Waals surface area contributed by atoms with Gasteiger partial charge in [-0.05, 0) is 36.3 Å². The second-order valence-corrected chi connectivity index (χ2v) is 3.22. The molecule has 2 nitrogen and oxygen atoms in total. The third-order valence-corrected chi connectivity index (χ3v) is 2.19. The van der Waals surface area contributed by atoms with Gasteiger partial charge in [-0.2, -0.15) is 0 Å². The molecule has 0 saturated carbocycles. The lowest BCUT2D eigenvalue weighted by Crippen LogP contribution is -1.78. The summed E-state index contributed by atoms with van der Waals surface area (Å²) in [6.45, 7) is 2.14. The highest BCUT2D eigenvalue weighted by molar-refractivity contribution is 7.71. The van der Waals surface area contributed by atoms with E-state index < -0.39 is 0 Å². The van der Waals surface area contributed by atoms with Crippen LogP contribution in [-0.2, 0) is 6.42 Å². The fourth-order valence-corrected chi connectivity index (χ4v) is 1.52. The van der Waals surface area contributed by atoms with Crippen LogP contribution in [0.3, 0.4) is 0 Å². The standard InChI is InChI=1S/C9H10N2S.2H2/c1-2-6-3-4-7-8(5-6)11-9(12)10-7;;/h3-5H,2H2,1H3,(H2,10,11,12);2*1H. The van der Waals surface area contributed by atoms with Gasteiger partial charge in [-0.3, -0.25) is 0 Å². The van der Waals surface area contributed by atoms with Gasteiger partial charge in [-0.1, -0.05) is 13.0 Å². The number of imidazole rings is 1. The van der Waals surface area contributed by atoms with E-state index in [1.165, 1.54) is 5.56 Å². The number of aromatic nitrogens is 2. The van der Waals surface area contributed by atoms with Gasteiger partial charge in [0.05, 0.1) is 11.0 Å². The van der Waals surface area contributed by atoms with Gasteiger partial charge < -0.3 is 9.97 Å². The van der Waals surface area contributed by atoms with Gasteiger partial charge in [-0.25, -0.2) is 0 Å². The number of H-pyrrole nitrogens is 2. The molecule has 2 aromatic rings. The lowest BCUT2D eigenvalue weighted by atomic mass is 10.1. The molecule has 0 unspecified atom stereocenters. The van der Waals surface area contributed by atoms with Gasteiger partial charge in [0.15, 0.2) is 4.77 Å². The number of hydrogen-bond acceptors (Lipinski definition) is 1. The summed E-state index contributed by atoms with van der Waals surface area (Å²) in [5, 5.41) is 0. The lowest BCUT2D eigenvalue weighted by molar-refractivity contribution is 1.14. The molecule has 0 spiro atoms. The Balaban J connectivity index is 0.000000845. The molecule has 1 heterocycles. The molecule has 0 atom stereocenters. The molecule has 66 valence electrons. The van der Waals surface area contributed by atoms with Crippen molar-refractivity contribution in [2.24, 2.45) is 0 Å². The Bertz CT molecular complexity index is 461. The Kier molecular flexibility index (Phi) is 1.73. The smallest absolute Gasteiger partial charge is 0.175 e. The second kappa shape index (κ2) is 2.75. The van der Waals surface area contributed by atoms with Crippen molar-refractivity contribution in [1.82, 2.24) is 9.97 Å². The van der Waals surface area contributed by atoms with E-state index in [9.17, 15) is 0 Å². The summed E-state index contributed by atoms with van der Waals surface area (Å²) in [5.41, 5.74) is 3.50. The lowest BCUT2D eigenvalue weighted by Gasteiger charge is -1.94. The van der Waals surface area contributed by atoms with E-state index in [1.54, 1.807) is 0 Å². The molecule has 1 aromatic carbocycles. The summed E-state index contributed by atoms with van der Waals surface area (Å²) >= 11 is 4.98. The number of fused-ring (bicyclic) bond motifs is 1. The molecule has 0 radical (unpaired) electrons. The molecule has 0 amide bonds. The molecular weight excluding hydrogens is 168 g/mol. The fraction of sp³-hybridized carbons (Fsp3) is 0.222. The van der Waals surface area contributed by atoms with Gasteiger partial charge in [0.1, 0.15) is 0 Å². The van der Waals surface area contributed by atoms with Crippen molar-refractivity contribution in [3.8, 4) is 0 Å². The molecule has 0 aliphatic rings. The molecule has 2 N–H and O–H groups in total. The normalized spacial score (nSPS) is 10.8. The fourth-order valence-electron chi connectivity index (χ4n) is 1.30. The van der Waals surface area contributed by atoms with E-state index in [0.29, 0.717) is 4.77 Å². The summed E-state index contributed by atoms with van der Waals surface area (Å²) in [6, 6.07) is 6.30. The van der Waals surface area contributed by atoms with Gasteiger partial charge in [0.25, 0.3) is 0 Å². The number of hydrogen-bond donors (Lipinski definition) is 2. The molecule has 0 aliphatic heterocycles. The first-order valence-corrected chi connectivity index (χ1v) is 4.41. The van der Waals surface area contributed by atoms with Crippen molar-refractivity contribution in [2.45, 2.75) is 13.3 Å². The van der Waals surface area contributed by atoms with E-state index in [1.807, 2.05) is 0 Å². The maximum atomic E-state index is 4.98. The van der Waals surface area contributed by atoms with Crippen LogP contribution in [0.4, 0.5) is 0 Å². The average molecular weight is 182 g/mol. The Morgan fingerprint density at radius 3 is 2.83 bits per heavy atom. The third-order valence-electron chi connectivity index (χ3n) is 1.99. The van der Waals surface area contributed by atoms with Crippen LogP contribution in [0, 0.1) is 4.77 Å². The maximum Gasteiger partial charge on any atom is 0.175 e. The van der Waals surface area contributed by atoms with E-state index in [2.05, 4.69) is 35.1 Å². The predicted octanol–water partition coefficient (Wildman–Crippen LogP) is 3.28.